The number of carbonyl (C=O) groups excluding carboxylic acids is 1. The van der Waals surface area contributed by atoms with Crippen LogP contribution in [0, 0.1) is 0 Å². The third kappa shape index (κ3) is 6.68. The van der Waals surface area contributed by atoms with Crippen molar-refractivity contribution in [2.45, 2.75) is 26.2 Å². The van der Waals surface area contributed by atoms with Crippen molar-refractivity contribution in [1.29, 1.82) is 0 Å². The van der Waals surface area contributed by atoms with Gasteiger partial charge in [-0.2, -0.15) is 0 Å². The summed E-state index contributed by atoms with van der Waals surface area (Å²) in [6.07, 6.45) is 4.03. The van der Waals surface area contributed by atoms with Crippen molar-refractivity contribution in [3.8, 4) is 0 Å². The molecule has 4 nitrogen and oxygen atoms in total. The summed E-state index contributed by atoms with van der Waals surface area (Å²) in [7, 11) is 0. The summed E-state index contributed by atoms with van der Waals surface area (Å²) in [4.78, 5) is 15.3. The molecular formula is C13H20N2O2. The fraction of sp³-hybridized carbons (Fsp3) is 0.538. The molecule has 0 aliphatic rings. The molecule has 94 valence electrons. The first-order valence-electron chi connectivity index (χ1n) is 6.09. The third-order valence-corrected chi connectivity index (χ3v) is 2.32. The summed E-state index contributed by atoms with van der Waals surface area (Å²) in [5.74, 6) is -0.112. The molecule has 0 atom stereocenters. The van der Waals surface area contributed by atoms with Gasteiger partial charge in [0.05, 0.1) is 6.61 Å². The molecule has 0 spiro atoms. The molecule has 0 saturated heterocycles. The zero-order valence-corrected chi connectivity index (χ0v) is 10.3. The first-order chi connectivity index (χ1) is 8.33. The molecule has 0 aromatic carbocycles. The largest absolute Gasteiger partial charge is 0.466 e. The maximum Gasteiger partial charge on any atom is 0.305 e. The minimum atomic E-state index is -0.112. The molecule has 4 heteroatoms. The molecule has 1 aromatic heterocycles. The maximum atomic E-state index is 11.0. The summed E-state index contributed by atoms with van der Waals surface area (Å²) in [6.45, 7) is 4.01. The second-order valence-electron chi connectivity index (χ2n) is 3.73. The number of carbonyl (C=O) groups is 1. The van der Waals surface area contributed by atoms with Crippen molar-refractivity contribution in [3.05, 3.63) is 30.1 Å². The SMILES string of the molecule is CCOC(=O)CCCNCCc1ccccn1. The molecule has 0 bridgehead atoms. The lowest BCUT2D eigenvalue weighted by atomic mass is 10.2. The number of rotatable bonds is 8. The van der Waals surface area contributed by atoms with Gasteiger partial charge in [0, 0.05) is 31.3 Å². The molecule has 0 saturated carbocycles. The van der Waals surface area contributed by atoms with Crippen LogP contribution in [0.2, 0.25) is 0 Å². The van der Waals surface area contributed by atoms with Crippen molar-refractivity contribution in [2.75, 3.05) is 19.7 Å². The minimum Gasteiger partial charge on any atom is -0.466 e. The lowest BCUT2D eigenvalue weighted by Gasteiger charge is -2.04. The fourth-order valence-corrected chi connectivity index (χ4v) is 1.48. The lowest BCUT2D eigenvalue weighted by Crippen LogP contribution is -2.20. The highest BCUT2D eigenvalue weighted by Gasteiger charge is 2.00. The van der Waals surface area contributed by atoms with E-state index in [4.69, 9.17) is 4.74 Å². The number of hydrogen-bond acceptors (Lipinski definition) is 4. The lowest BCUT2D eigenvalue weighted by molar-refractivity contribution is -0.143. The number of aromatic nitrogens is 1. The van der Waals surface area contributed by atoms with E-state index in [1.54, 1.807) is 6.20 Å². The van der Waals surface area contributed by atoms with E-state index < -0.39 is 0 Å². The third-order valence-electron chi connectivity index (χ3n) is 2.32. The van der Waals surface area contributed by atoms with Crippen LogP contribution in [0.4, 0.5) is 0 Å². The molecule has 17 heavy (non-hydrogen) atoms. The maximum absolute atomic E-state index is 11.0. The van der Waals surface area contributed by atoms with Gasteiger partial charge in [0.15, 0.2) is 0 Å². The number of nitrogens with zero attached hydrogens (tertiary/aromatic N) is 1. The monoisotopic (exact) mass is 236 g/mol. The zero-order valence-electron chi connectivity index (χ0n) is 10.3. The number of hydrogen-bond donors (Lipinski definition) is 1. The molecule has 0 unspecified atom stereocenters. The van der Waals surface area contributed by atoms with Gasteiger partial charge in [0.25, 0.3) is 0 Å². The minimum absolute atomic E-state index is 0.112. The predicted octanol–water partition coefficient (Wildman–Crippen LogP) is 1.56. The van der Waals surface area contributed by atoms with Crippen molar-refractivity contribution >= 4 is 5.97 Å². The Morgan fingerprint density at radius 1 is 1.41 bits per heavy atom. The molecule has 0 aliphatic carbocycles. The Bertz CT molecular complexity index is 314. The van der Waals surface area contributed by atoms with Crippen LogP contribution in [0.25, 0.3) is 0 Å². The Morgan fingerprint density at radius 2 is 2.29 bits per heavy atom. The Labute approximate surface area is 102 Å². The highest BCUT2D eigenvalue weighted by molar-refractivity contribution is 5.69. The molecule has 1 aromatic rings. The molecule has 1 rings (SSSR count). The van der Waals surface area contributed by atoms with Gasteiger partial charge in [0.1, 0.15) is 0 Å². The van der Waals surface area contributed by atoms with E-state index in [0.717, 1.165) is 31.6 Å². The molecule has 0 fully saturated rings. The van der Waals surface area contributed by atoms with Crippen LogP contribution in [-0.4, -0.2) is 30.6 Å². The molecule has 1 heterocycles. The van der Waals surface area contributed by atoms with Crippen molar-refractivity contribution in [3.63, 3.8) is 0 Å². The second kappa shape index (κ2) is 8.70. The summed E-state index contributed by atoms with van der Waals surface area (Å²) in [5, 5.41) is 3.28. The molecule has 0 radical (unpaired) electrons. The van der Waals surface area contributed by atoms with E-state index in [1.165, 1.54) is 0 Å². The van der Waals surface area contributed by atoms with Crippen LogP contribution >= 0.6 is 0 Å². The van der Waals surface area contributed by atoms with Crippen molar-refractivity contribution in [2.24, 2.45) is 0 Å². The fourth-order valence-electron chi connectivity index (χ4n) is 1.48. The van der Waals surface area contributed by atoms with Crippen molar-refractivity contribution < 1.29 is 9.53 Å². The first-order valence-corrected chi connectivity index (χ1v) is 6.09. The summed E-state index contributed by atoms with van der Waals surface area (Å²) in [5.41, 5.74) is 1.09. The Balaban J connectivity index is 1.96. The van der Waals surface area contributed by atoms with E-state index in [-0.39, 0.29) is 5.97 Å². The molecule has 0 amide bonds. The summed E-state index contributed by atoms with van der Waals surface area (Å²) < 4.78 is 4.84. The average Bonchev–Trinajstić information content (AvgIpc) is 2.35. The van der Waals surface area contributed by atoms with Gasteiger partial charge >= 0.3 is 5.97 Å². The Kier molecular flexibility index (Phi) is 6.98. The van der Waals surface area contributed by atoms with Gasteiger partial charge in [-0.25, -0.2) is 0 Å². The number of pyridine rings is 1. The Morgan fingerprint density at radius 3 is 3.00 bits per heavy atom. The second-order valence-corrected chi connectivity index (χ2v) is 3.73. The van der Waals surface area contributed by atoms with Crippen molar-refractivity contribution in [1.82, 2.24) is 10.3 Å². The highest BCUT2D eigenvalue weighted by Crippen LogP contribution is 1.94. The van der Waals surface area contributed by atoms with E-state index in [0.29, 0.717) is 13.0 Å². The van der Waals surface area contributed by atoms with Gasteiger partial charge in [0.2, 0.25) is 0 Å². The standard InChI is InChI=1S/C13H20N2O2/c1-2-17-13(16)7-5-9-14-11-8-12-6-3-4-10-15-12/h3-4,6,10,14H,2,5,7-9,11H2,1H3. The summed E-state index contributed by atoms with van der Waals surface area (Å²) in [6, 6.07) is 5.92. The van der Waals surface area contributed by atoms with Gasteiger partial charge in [-0.15, -0.1) is 0 Å². The van der Waals surface area contributed by atoms with E-state index in [2.05, 4.69) is 10.3 Å². The number of esters is 1. The quantitative estimate of drug-likeness (QED) is 0.549. The van der Waals surface area contributed by atoms with Crippen LogP contribution in [0.5, 0.6) is 0 Å². The zero-order chi connectivity index (χ0) is 12.3. The average molecular weight is 236 g/mol. The van der Waals surface area contributed by atoms with Gasteiger partial charge in [-0.3, -0.25) is 9.78 Å². The number of nitrogens with one attached hydrogen (secondary N) is 1. The first kappa shape index (κ1) is 13.6. The van der Waals surface area contributed by atoms with Crippen LogP contribution in [-0.2, 0) is 16.0 Å². The molecular weight excluding hydrogens is 216 g/mol. The highest BCUT2D eigenvalue weighted by atomic mass is 16.5. The molecule has 1 N–H and O–H groups in total. The van der Waals surface area contributed by atoms with E-state index >= 15 is 0 Å². The molecule has 0 aliphatic heterocycles. The van der Waals surface area contributed by atoms with Gasteiger partial charge in [-0.05, 0) is 32.0 Å². The van der Waals surface area contributed by atoms with E-state index in [1.807, 2.05) is 25.1 Å². The van der Waals surface area contributed by atoms with Gasteiger partial charge in [-0.1, -0.05) is 6.07 Å². The predicted molar refractivity (Wildman–Crippen MR) is 66.7 cm³/mol. The topological polar surface area (TPSA) is 51.2 Å². The van der Waals surface area contributed by atoms with Crippen LogP contribution in [0.15, 0.2) is 24.4 Å². The summed E-state index contributed by atoms with van der Waals surface area (Å²) >= 11 is 0. The van der Waals surface area contributed by atoms with Crippen LogP contribution in [0.3, 0.4) is 0 Å². The smallest absolute Gasteiger partial charge is 0.305 e. The van der Waals surface area contributed by atoms with Gasteiger partial charge < -0.3 is 10.1 Å². The van der Waals surface area contributed by atoms with Crippen LogP contribution < -0.4 is 5.32 Å². The van der Waals surface area contributed by atoms with Crippen LogP contribution in [0.1, 0.15) is 25.5 Å². The number of ether oxygens (including phenoxy) is 1. The van der Waals surface area contributed by atoms with E-state index in [9.17, 15) is 4.79 Å². The Hall–Kier alpha value is -1.42. The normalized spacial score (nSPS) is 10.2.